The lowest BCUT2D eigenvalue weighted by Crippen LogP contribution is -2.17. The van der Waals surface area contributed by atoms with Crippen molar-refractivity contribution >= 4 is 11.6 Å². The number of alkyl halides is 3. The molecule has 0 spiro atoms. The van der Waals surface area contributed by atoms with Crippen LogP contribution in [0.2, 0.25) is 0 Å². The highest BCUT2D eigenvalue weighted by molar-refractivity contribution is 6.03. The highest BCUT2D eigenvalue weighted by atomic mass is 19.4. The molecule has 3 aromatic rings. The number of carbonyl (C=O) groups is 1. The minimum atomic E-state index is -4.78. The molecule has 1 amide bonds. The normalized spacial score (nSPS) is 13.9. The summed E-state index contributed by atoms with van der Waals surface area (Å²) < 4.78 is 56.2. The summed E-state index contributed by atoms with van der Waals surface area (Å²) in [7, 11) is 0. The lowest BCUT2D eigenvalue weighted by molar-refractivity contribution is -0.274. The monoisotopic (exact) mass is 419 g/mol. The predicted octanol–water partition coefficient (Wildman–Crippen LogP) is 5.10. The number of amides is 1. The van der Waals surface area contributed by atoms with Crippen molar-refractivity contribution in [2.45, 2.75) is 31.7 Å². The summed E-state index contributed by atoms with van der Waals surface area (Å²) in [6, 6.07) is 12.9. The zero-order valence-corrected chi connectivity index (χ0v) is 15.6. The average molecular weight is 419 g/mol. The van der Waals surface area contributed by atoms with Crippen molar-refractivity contribution in [3.05, 3.63) is 77.4 Å². The molecule has 1 fully saturated rings. The van der Waals surface area contributed by atoms with Gasteiger partial charge in [-0.25, -0.2) is 4.39 Å². The Bertz CT molecular complexity index is 1060. The standard InChI is InChI=1S/C21H17F4N3O2/c22-17-4-2-1-3-14(17)12-28-19(13-5-6-13)11-18(27-28)20(29)26-15-7-9-16(10-8-15)30-21(23,24)25/h1-4,7-11,13H,5-6,12H2,(H,26,29). The van der Waals surface area contributed by atoms with Gasteiger partial charge in [0.1, 0.15) is 11.6 Å². The largest absolute Gasteiger partial charge is 0.573 e. The first-order valence-electron chi connectivity index (χ1n) is 9.27. The zero-order chi connectivity index (χ0) is 21.3. The van der Waals surface area contributed by atoms with E-state index >= 15 is 0 Å². The van der Waals surface area contributed by atoms with Crippen molar-refractivity contribution in [3.63, 3.8) is 0 Å². The molecule has 5 nitrogen and oxygen atoms in total. The number of nitrogens with one attached hydrogen (secondary N) is 1. The third-order valence-corrected chi connectivity index (χ3v) is 4.66. The second-order valence-electron chi connectivity index (χ2n) is 7.00. The molecule has 1 aromatic heterocycles. The van der Waals surface area contributed by atoms with E-state index in [9.17, 15) is 22.4 Å². The number of hydrogen-bond acceptors (Lipinski definition) is 3. The Kier molecular flexibility index (Phi) is 5.19. The van der Waals surface area contributed by atoms with Crippen molar-refractivity contribution in [2.75, 3.05) is 5.32 Å². The number of ether oxygens (including phenoxy) is 1. The first-order valence-corrected chi connectivity index (χ1v) is 9.27. The Morgan fingerprint density at radius 3 is 2.47 bits per heavy atom. The molecule has 1 aliphatic rings. The molecule has 2 aromatic carbocycles. The molecule has 0 bridgehead atoms. The molecular formula is C21H17F4N3O2. The predicted molar refractivity (Wildman–Crippen MR) is 101 cm³/mol. The molecule has 30 heavy (non-hydrogen) atoms. The van der Waals surface area contributed by atoms with Gasteiger partial charge in [0.2, 0.25) is 0 Å². The molecule has 1 aliphatic carbocycles. The molecule has 0 unspecified atom stereocenters. The van der Waals surface area contributed by atoms with E-state index in [4.69, 9.17) is 0 Å². The highest BCUT2D eigenvalue weighted by Gasteiger charge is 2.31. The third-order valence-electron chi connectivity index (χ3n) is 4.66. The summed E-state index contributed by atoms with van der Waals surface area (Å²) in [6.07, 6.45) is -2.83. The Hall–Kier alpha value is -3.36. The van der Waals surface area contributed by atoms with E-state index in [0.29, 0.717) is 11.3 Å². The van der Waals surface area contributed by atoms with Crippen LogP contribution in [0.3, 0.4) is 0 Å². The first kappa shape index (κ1) is 19.9. The van der Waals surface area contributed by atoms with Crippen LogP contribution in [0.5, 0.6) is 5.75 Å². The van der Waals surface area contributed by atoms with E-state index in [-0.39, 0.29) is 29.7 Å². The van der Waals surface area contributed by atoms with E-state index < -0.39 is 12.3 Å². The van der Waals surface area contributed by atoms with Gasteiger partial charge in [0, 0.05) is 22.9 Å². The molecule has 0 radical (unpaired) electrons. The van der Waals surface area contributed by atoms with Crippen molar-refractivity contribution in [3.8, 4) is 5.75 Å². The van der Waals surface area contributed by atoms with Crippen LogP contribution in [0, 0.1) is 5.82 Å². The summed E-state index contributed by atoms with van der Waals surface area (Å²) in [5.41, 5.74) is 1.78. The van der Waals surface area contributed by atoms with Gasteiger partial charge < -0.3 is 10.1 Å². The average Bonchev–Trinajstić information content (AvgIpc) is 3.44. The van der Waals surface area contributed by atoms with Crippen LogP contribution in [-0.2, 0) is 6.54 Å². The third kappa shape index (κ3) is 4.79. The lowest BCUT2D eigenvalue weighted by Gasteiger charge is -2.09. The van der Waals surface area contributed by atoms with Crippen LogP contribution in [-0.4, -0.2) is 22.1 Å². The maximum atomic E-state index is 14.0. The number of rotatable bonds is 6. The van der Waals surface area contributed by atoms with E-state index in [1.807, 2.05) is 0 Å². The van der Waals surface area contributed by atoms with Crippen LogP contribution < -0.4 is 10.1 Å². The van der Waals surface area contributed by atoms with Crippen molar-refractivity contribution < 1.29 is 27.1 Å². The Balaban J connectivity index is 1.50. The molecule has 9 heteroatoms. The van der Waals surface area contributed by atoms with Crippen LogP contribution in [0.15, 0.2) is 54.6 Å². The molecule has 0 aliphatic heterocycles. The van der Waals surface area contributed by atoms with Gasteiger partial charge in [-0.15, -0.1) is 13.2 Å². The van der Waals surface area contributed by atoms with Gasteiger partial charge in [-0.05, 0) is 49.2 Å². The smallest absolute Gasteiger partial charge is 0.406 e. The molecule has 156 valence electrons. The number of hydrogen-bond donors (Lipinski definition) is 1. The molecule has 1 saturated carbocycles. The van der Waals surface area contributed by atoms with Gasteiger partial charge >= 0.3 is 6.36 Å². The Morgan fingerprint density at radius 1 is 1.13 bits per heavy atom. The molecule has 0 atom stereocenters. The molecular weight excluding hydrogens is 402 g/mol. The fraction of sp³-hybridized carbons (Fsp3) is 0.238. The van der Waals surface area contributed by atoms with Crippen LogP contribution >= 0.6 is 0 Å². The van der Waals surface area contributed by atoms with Crippen LogP contribution in [0.1, 0.15) is 40.5 Å². The van der Waals surface area contributed by atoms with E-state index in [1.54, 1.807) is 28.9 Å². The number of aromatic nitrogens is 2. The fourth-order valence-corrected chi connectivity index (χ4v) is 3.10. The minimum absolute atomic E-state index is 0.156. The van der Waals surface area contributed by atoms with Crippen LogP contribution in [0.25, 0.3) is 0 Å². The number of nitrogens with zero attached hydrogens (tertiary/aromatic N) is 2. The number of anilines is 1. The van der Waals surface area contributed by atoms with Gasteiger partial charge in [-0.1, -0.05) is 18.2 Å². The second-order valence-corrected chi connectivity index (χ2v) is 7.00. The first-order chi connectivity index (χ1) is 14.3. The molecule has 4 rings (SSSR count). The number of benzene rings is 2. The van der Waals surface area contributed by atoms with Crippen molar-refractivity contribution in [1.29, 1.82) is 0 Å². The van der Waals surface area contributed by atoms with Crippen LogP contribution in [0.4, 0.5) is 23.2 Å². The summed E-state index contributed by atoms with van der Waals surface area (Å²) in [4.78, 5) is 12.6. The fourth-order valence-electron chi connectivity index (χ4n) is 3.10. The number of halogens is 4. The van der Waals surface area contributed by atoms with Crippen molar-refractivity contribution in [2.24, 2.45) is 0 Å². The summed E-state index contributed by atoms with van der Waals surface area (Å²) in [6.45, 7) is 0.204. The van der Waals surface area contributed by atoms with E-state index in [2.05, 4.69) is 15.2 Å². The summed E-state index contributed by atoms with van der Waals surface area (Å²) in [5.74, 6) is -0.953. The number of carbonyl (C=O) groups excluding carboxylic acids is 1. The van der Waals surface area contributed by atoms with Gasteiger partial charge in [0.15, 0.2) is 5.69 Å². The maximum Gasteiger partial charge on any atom is 0.573 e. The molecule has 1 N–H and O–H groups in total. The Morgan fingerprint density at radius 2 is 1.83 bits per heavy atom. The van der Waals surface area contributed by atoms with Gasteiger partial charge in [0.05, 0.1) is 6.54 Å². The van der Waals surface area contributed by atoms with Gasteiger partial charge in [0.25, 0.3) is 5.91 Å². The maximum absolute atomic E-state index is 14.0. The Labute approximate surface area is 169 Å². The second kappa shape index (κ2) is 7.81. The van der Waals surface area contributed by atoms with E-state index in [1.165, 1.54) is 18.2 Å². The lowest BCUT2D eigenvalue weighted by atomic mass is 10.2. The zero-order valence-electron chi connectivity index (χ0n) is 15.6. The van der Waals surface area contributed by atoms with Gasteiger partial charge in [-0.3, -0.25) is 9.48 Å². The molecule has 0 saturated heterocycles. The van der Waals surface area contributed by atoms with Crippen molar-refractivity contribution in [1.82, 2.24) is 9.78 Å². The van der Waals surface area contributed by atoms with E-state index in [0.717, 1.165) is 30.7 Å². The summed E-state index contributed by atoms with van der Waals surface area (Å²) in [5, 5.41) is 6.93. The quantitative estimate of drug-likeness (QED) is 0.566. The highest BCUT2D eigenvalue weighted by Crippen LogP contribution is 2.40. The minimum Gasteiger partial charge on any atom is -0.406 e. The van der Waals surface area contributed by atoms with Gasteiger partial charge in [-0.2, -0.15) is 5.10 Å². The summed E-state index contributed by atoms with van der Waals surface area (Å²) >= 11 is 0. The SMILES string of the molecule is O=C(Nc1ccc(OC(F)(F)F)cc1)c1cc(C2CC2)n(Cc2ccccc2F)n1. The topological polar surface area (TPSA) is 56.1 Å². The molecule has 1 heterocycles.